The van der Waals surface area contributed by atoms with E-state index in [1.165, 1.54) is 6.42 Å². The molecule has 2 atom stereocenters. The Bertz CT molecular complexity index is 386. The van der Waals surface area contributed by atoms with Gasteiger partial charge in [0.2, 0.25) is 5.13 Å². The van der Waals surface area contributed by atoms with Crippen molar-refractivity contribution in [1.29, 1.82) is 0 Å². The van der Waals surface area contributed by atoms with Gasteiger partial charge in [0.15, 0.2) is 4.34 Å². The normalized spacial score (nSPS) is 23.5. The van der Waals surface area contributed by atoms with Crippen LogP contribution < -0.4 is 10.2 Å². The lowest BCUT2D eigenvalue weighted by atomic mass is 10.1. The molecule has 2 unspecified atom stereocenters. The molecular formula is C12H22N4OS2. The topological polar surface area (TPSA) is 50.3 Å². The molecule has 0 bridgehead atoms. The van der Waals surface area contributed by atoms with Crippen molar-refractivity contribution in [1.82, 2.24) is 15.5 Å². The van der Waals surface area contributed by atoms with Gasteiger partial charge in [0.05, 0.1) is 11.9 Å². The standard InChI is InChI=1S/C12H22N4OS2/c1-4-6-13-9-5-7-17-8-10(9)18-12-15-14-11(19-12)16(2)3/h9-10,13H,4-8H2,1-3H3. The molecule has 1 aliphatic rings. The predicted octanol–water partition coefficient (Wildman–Crippen LogP) is 1.85. The minimum absolute atomic E-state index is 0.434. The zero-order chi connectivity index (χ0) is 13.7. The Balaban J connectivity index is 1.94. The summed E-state index contributed by atoms with van der Waals surface area (Å²) in [4.78, 5) is 1.99. The maximum absolute atomic E-state index is 5.60. The van der Waals surface area contributed by atoms with E-state index in [4.69, 9.17) is 4.74 Å². The molecule has 0 aliphatic carbocycles. The van der Waals surface area contributed by atoms with E-state index >= 15 is 0 Å². The Hall–Kier alpha value is -0.370. The van der Waals surface area contributed by atoms with Crippen LogP contribution in [0.5, 0.6) is 0 Å². The summed E-state index contributed by atoms with van der Waals surface area (Å²) in [5.74, 6) is 0. The number of thioether (sulfide) groups is 1. The second-order valence-electron chi connectivity index (χ2n) is 4.83. The van der Waals surface area contributed by atoms with Gasteiger partial charge in [-0.15, -0.1) is 10.2 Å². The van der Waals surface area contributed by atoms with Crippen LogP contribution in [-0.4, -0.2) is 55.3 Å². The second kappa shape index (κ2) is 7.42. The lowest BCUT2D eigenvalue weighted by molar-refractivity contribution is 0.0833. The lowest BCUT2D eigenvalue weighted by Gasteiger charge is -2.31. The van der Waals surface area contributed by atoms with Crippen molar-refractivity contribution >= 4 is 28.2 Å². The van der Waals surface area contributed by atoms with Gasteiger partial charge in [-0.1, -0.05) is 30.0 Å². The molecule has 2 rings (SSSR count). The minimum atomic E-state index is 0.434. The van der Waals surface area contributed by atoms with Crippen molar-refractivity contribution < 1.29 is 4.74 Å². The molecule has 0 amide bonds. The van der Waals surface area contributed by atoms with Gasteiger partial charge in [-0.2, -0.15) is 0 Å². The van der Waals surface area contributed by atoms with Crippen LogP contribution in [-0.2, 0) is 4.74 Å². The SMILES string of the molecule is CCCNC1CCOCC1Sc1nnc(N(C)C)s1. The molecule has 0 saturated carbocycles. The van der Waals surface area contributed by atoms with Crippen LogP contribution in [0.2, 0.25) is 0 Å². The molecule has 1 fully saturated rings. The van der Waals surface area contributed by atoms with E-state index in [1.807, 2.05) is 19.0 Å². The van der Waals surface area contributed by atoms with Crippen LogP contribution in [0.4, 0.5) is 5.13 Å². The van der Waals surface area contributed by atoms with E-state index < -0.39 is 0 Å². The molecular weight excluding hydrogens is 280 g/mol. The quantitative estimate of drug-likeness (QED) is 0.865. The van der Waals surface area contributed by atoms with E-state index in [1.54, 1.807) is 23.1 Å². The second-order valence-corrected chi connectivity index (χ2v) is 7.27. The first-order chi connectivity index (χ1) is 9.20. The number of rotatable bonds is 6. The van der Waals surface area contributed by atoms with Gasteiger partial charge in [-0.25, -0.2) is 0 Å². The Morgan fingerprint density at radius 3 is 3.00 bits per heavy atom. The number of anilines is 1. The van der Waals surface area contributed by atoms with Gasteiger partial charge in [0, 0.05) is 26.7 Å². The first-order valence-electron chi connectivity index (χ1n) is 6.69. The maximum atomic E-state index is 5.60. The molecule has 0 spiro atoms. The smallest absolute Gasteiger partial charge is 0.208 e. The molecule has 1 aliphatic heterocycles. The number of ether oxygens (including phenoxy) is 1. The van der Waals surface area contributed by atoms with Crippen LogP contribution in [0.15, 0.2) is 4.34 Å². The monoisotopic (exact) mass is 302 g/mol. The molecule has 0 aromatic carbocycles. The fraction of sp³-hybridized carbons (Fsp3) is 0.833. The summed E-state index contributed by atoms with van der Waals surface area (Å²) in [5, 5.41) is 13.4. The van der Waals surface area contributed by atoms with Crippen LogP contribution >= 0.6 is 23.1 Å². The molecule has 1 aromatic heterocycles. The zero-order valence-corrected chi connectivity index (χ0v) is 13.4. The van der Waals surface area contributed by atoms with E-state index in [-0.39, 0.29) is 0 Å². The van der Waals surface area contributed by atoms with Gasteiger partial charge in [-0.3, -0.25) is 0 Å². The average Bonchev–Trinajstić information content (AvgIpc) is 2.86. The summed E-state index contributed by atoms with van der Waals surface area (Å²) in [6.45, 7) is 4.92. The average molecular weight is 302 g/mol. The first kappa shape index (κ1) is 15.0. The predicted molar refractivity (Wildman–Crippen MR) is 81.4 cm³/mol. The number of aromatic nitrogens is 2. The third-order valence-electron chi connectivity index (χ3n) is 2.99. The van der Waals surface area contributed by atoms with Crippen LogP contribution in [0.1, 0.15) is 19.8 Å². The summed E-state index contributed by atoms with van der Waals surface area (Å²) in [5.41, 5.74) is 0. The fourth-order valence-corrected chi connectivity index (χ4v) is 4.15. The van der Waals surface area contributed by atoms with Gasteiger partial charge in [0.1, 0.15) is 0 Å². The highest BCUT2D eigenvalue weighted by atomic mass is 32.2. The maximum Gasteiger partial charge on any atom is 0.208 e. The van der Waals surface area contributed by atoms with Crippen molar-refractivity contribution in [3.8, 4) is 0 Å². The number of nitrogens with zero attached hydrogens (tertiary/aromatic N) is 3. The Morgan fingerprint density at radius 1 is 1.47 bits per heavy atom. The largest absolute Gasteiger partial charge is 0.380 e. The van der Waals surface area contributed by atoms with Crippen molar-refractivity contribution in [2.75, 3.05) is 38.8 Å². The first-order valence-corrected chi connectivity index (χ1v) is 8.39. The van der Waals surface area contributed by atoms with Gasteiger partial charge in [-0.05, 0) is 19.4 Å². The number of hydrogen-bond donors (Lipinski definition) is 1. The third-order valence-corrected chi connectivity index (χ3v) is 5.47. The van der Waals surface area contributed by atoms with Gasteiger partial charge >= 0.3 is 0 Å². The summed E-state index contributed by atoms with van der Waals surface area (Å²) in [6, 6.07) is 0.519. The van der Waals surface area contributed by atoms with Gasteiger partial charge in [0.25, 0.3) is 0 Å². The molecule has 108 valence electrons. The molecule has 7 heteroatoms. The van der Waals surface area contributed by atoms with Crippen molar-refractivity contribution in [3.05, 3.63) is 0 Å². The van der Waals surface area contributed by atoms with Crippen molar-refractivity contribution in [3.63, 3.8) is 0 Å². The molecule has 1 N–H and O–H groups in total. The zero-order valence-electron chi connectivity index (χ0n) is 11.8. The molecule has 1 aromatic rings. The molecule has 5 nitrogen and oxygen atoms in total. The number of hydrogen-bond acceptors (Lipinski definition) is 7. The van der Waals surface area contributed by atoms with E-state index in [0.717, 1.165) is 35.7 Å². The van der Waals surface area contributed by atoms with Crippen molar-refractivity contribution in [2.24, 2.45) is 0 Å². The lowest BCUT2D eigenvalue weighted by Crippen LogP contribution is -2.45. The highest BCUT2D eigenvalue weighted by Gasteiger charge is 2.27. The highest BCUT2D eigenvalue weighted by molar-refractivity contribution is 8.01. The molecule has 0 radical (unpaired) electrons. The Morgan fingerprint density at radius 2 is 2.32 bits per heavy atom. The van der Waals surface area contributed by atoms with Crippen LogP contribution in [0.3, 0.4) is 0 Å². The van der Waals surface area contributed by atoms with E-state index in [9.17, 15) is 0 Å². The molecule has 2 heterocycles. The third kappa shape index (κ3) is 4.30. The summed E-state index contributed by atoms with van der Waals surface area (Å²) < 4.78 is 6.63. The Labute approximate surface area is 123 Å². The summed E-state index contributed by atoms with van der Waals surface area (Å²) in [7, 11) is 3.98. The van der Waals surface area contributed by atoms with Crippen molar-refractivity contribution in [2.45, 2.75) is 35.4 Å². The highest BCUT2D eigenvalue weighted by Crippen LogP contribution is 2.33. The van der Waals surface area contributed by atoms with E-state index in [0.29, 0.717) is 11.3 Å². The Kier molecular flexibility index (Phi) is 5.87. The number of nitrogens with one attached hydrogen (secondary N) is 1. The van der Waals surface area contributed by atoms with Gasteiger partial charge < -0.3 is 15.0 Å². The fourth-order valence-electron chi connectivity index (χ4n) is 1.95. The van der Waals surface area contributed by atoms with Crippen LogP contribution in [0, 0.1) is 0 Å². The summed E-state index contributed by atoms with van der Waals surface area (Å²) in [6.07, 6.45) is 2.25. The van der Waals surface area contributed by atoms with E-state index in [2.05, 4.69) is 22.4 Å². The van der Waals surface area contributed by atoms with Crippen LogP contribution in [0.25, 0.3) is 0 Å². The minimum Gasteiger partial charge on any atom is -0.380 e. The summed E-state index contributed by atoms with van der Waals surface area (Å²) >= 11 is 3.44. The molecule has 19 heavy (non-hydrogen) atoms. The molecule has 1 saturated heterocycles.